The van der Waals surface area contributed by atoms with Crippen LogP contribution >= 0.6 is 0 Å². The van der Waals surface area contributed by atoms with Crippen LogP contribution in [0.1, 0.15) is 61.8 Å². The van der Waals surface area contributed by atoms with E-state index in [0.29, 0.717) is 24.1 Å². The highest BCUT2D eigenvalue weighted by Gasteiger charge is 2.30. The summed E-state index contributed by atoms with van der Waals surface area (Å²) in [6.45, 7) is 0. The van der Waals surface area contributed by atoms with Crippen molar-refractivity contribution in [2.75, 3.05) is 4.31 Å². The summed E-state index contributed by atoms with van der Waals surface area (Å²) in [5.74, 6) is -0.115. The lowest BCUT2D eigenvalue weighted by Crippen LogP contribution is -2.42. The van der Waals surface area contributed by atoms with Gasteiger partial charge in [-0.15, -0.1) is 0 Å². The van der Waals surface area contributed by atoms with Gasteiger partial charge in [0, 0.05) is 23.4 Å². The number of rotatable bonds is 11. The summed E-state index contributed by atoms with van der Waals surface area (Å²) in [6, 6.07) is 14.5. The molecule has 7 heteroatoms. The number of benzene rings is 2. The first-order valence-corrected chi connectivity index (χ1v) is 12.8. The van der Waals surface area contributed by atoms with Crippen LogP contribution in [0.25, 0.3) is 11.0 Å². The van der Waals surface area contributed by atoms with Crippen molar-refractivity contribution in [2.45, 2.75) is 70.3 Å². The first kappa shape index (κ1) is 23.5. The van der Waals surface area contributed by atoms with Crippen LogP contribution in [0.15, 0.2) is 52.9 Å². The summed E-state index contributed by atoms with van der Waals surface area (Å²) >= 11 is -2.46. The van der Waals surface area contributed by atoms with E-state index >= 15 is 0 Å². The number of nitrogens with zero attached hydrogens (tertiary/aromatic N) is 1. The van der Waals surface area contributed by atoms with E-state index in [1.54, 1.807) is 12.1 Å². The molecule has 0 bridgehead atoms. The normalized spacial score (nSPS) is 15.2. The molecule has 3 aromatic rings. The number of fused-ring (bicyclic) bond motifs is 3. The minimum atomic E-state index is -2.46. The van der Waals surface area contributed by atoms with E-state index in [9.17, 15) is 18.7 Å². The molecule has 4 rings (SSSR count). The van der Waals surface area contributed by atoms with E-state index in [-0.39, 0.29) is 0 Å². The minimum absolute atomic E-state index is 0.305. The molecule has 2 N–H and O–H groups in total. The van der Waals surface area contributed by atoms with Gasteiger partial charge in [-0.2, -0.15) is 0 Å². The summed E-state index contributed by atoms with van der Waals surface area (Å²) in [6.07, 6.45) is 8.99. The molecule has 0 aliphatic heterocycles. The number of furan rings is 1. The molecule has 1 aromatic heterocycles. The fourth-order valence-electron chi connectivity index (χ4n) is 4.77. The first-order valence-electron chi connectivity index (χ1n) is 11.8. The van der Waals surface area contributed by atoms with E-state index in [4.69, 9.17) is 4.42 Å². The van der Waals surface area contributed by atoms with Crippen LogP contribution in [-0.2, 0) is 35.3 Å². The Balaban J connectivity index is 1.41. The van der Waals surface area contributed by atoms with E-state index in [1.165, 1.54) is 11.1 Å². The molecule has 0 saturated heterocycles. The Morgan fingerprint density at radius 2 is 1.79 bits per heavy atom. The lowest BCUT2D eigenvalue weighted by molar-refractivity contribution is -0.138. The molecule has 0 spiro atoms. The minimum Gasteiger partial charge on any atom is -0.480 e. The first-order chi connectivity index (χ1) is 16.0. The molecular formula is C26H31NO5S. The van der Waals surface area contributed by atoms with Crippen molar-refractivity contribution < 1.29 is 23.1 Å². The maximum absolute atomic E-state index is 12.2. The van der Waals surface area contributed by atoms with Crippen LogP contribution in [0, 0.1) is 0 Å². The highest BCUT2D eigenvalue weighted by molar-refractivity contribution is 7.80. The van der Waals surface area contributed by atoms with Gasteiger partial charge in [0.25, 0.3) is 11.3 Å². The summed E-state index contributed by atoms with van der Waals surface area (Å²) < 4.78 is 29.3. The molecule has 2 atom stereocenters. The van der Waals surface area contributed by atoms with Gasteiger partial charge in [0.2, 0.25) is 0 Å². The maximum Gasteiger partial charge on any atom is 0.327 e. The van der Waals surface area contributed by atoms with E-state index < -0.39 is 23.3 Å². The van der Waals surface area contributed by atoms with E-state index in [2.05, 4.69) is 12.1 Å². The molecule has 1 aliphatic carbocycles. The topological polar surface area (TPSA) is 91.0 Å². The summed E-state index contributed by atoms with van der Waals surface area (Å²) in [7, 11) is 0. The van der Waals surface area contributed by atoms with Crippen LogP contribution in [0.3, 0.4) is 0 Å². The lowest BCUT2D eigenvalue weighted by atomic mass is 9.96. The van der Waals surface area contributed by atoms with Crippen LogP contribution in [0.2, 0.25) is 0 Å². The predicted octanol–water partition coefficient (Wildman–Crippen LogP) is 5.90. The van der Waals surface area contributed by atoms with Crippen molar-refractivity contribution in [3.63, 3.8) is 0 Å². The monoisotopic (exact) mass is 469 g/mol. The molecule has 1 heterocycles. The number of hydrogen-bond acceptors (Lipinski definition) is 3. The Kier molecular flexibility index (Phi) is 7.83. The zero-order valence-electron chi connectivity index (χ0n) is 18.7. The summed E-state index contributed by atoms with van der Waals surface area (Å²) in [5.41, 5.74) is 3.56. The molecular weight excluding hydrogens is 438 g/mol. The molecule has 0 amide bonds. The van der Waals surface area contributed by atoms with Crippen LogP contribution < -0.4 is 4.31 Å². The van der Waals surface area contributed by atoms with Crippen LogP contribution in [0.5, 0.6) is 0 Å². The third-order valence-electron chi connectivity index (χ3n) is 6.47. The van der Waals surface area contributed by atoms with E-state index in [0.717, 1.165) is 66.8 Å². The molecule has 0 radical (unpaired) electrons. The third-order valence-corrected chi connectivity index (χ3v) is 7.27. The van der Waals surface area contributed by atoms with Gasteiger partial charge in [0.1, 0.15) is 17.4 Å². The van der Waals surface area contributed by atoms with Gasteiger partial charge in [-0.25, -0.2) is 9.00 Å². The number of hydrogen-bond donors (Lipinski definition) is 2. The predicted molar refractivity (Wildman–Crippen MR) is 131 cm³/mol. The molecule has 1 aliphatic rings. The van der Waals surface area contributed by atoms with Gasteiger partial charge in [-0.3, -0.25) is 8.86 Å². The van der Waals surface area contributed by atoms with Gasteiger partial charge < -0.3 is 9.52 Å². The fraction of sp³-hybridized carbons (Fsp3) is 0.423. The highest BCUT2D eigenvalue weighted by Crippen LogP contribution is 2.35. The summed E-state index contributed by atoms with van der Waals surface area (Å²) in [5, 5.41) is 10.9. The van der Waals surface area contributed by atoms with Crippen molar-refractivity contribution in [3.05, 3.63) is 65.4 Å². The molecule has 2 aromatic carbocycles. The second kappa shape index (κ2) is 11.0. The Morgan fingerprint density at radius 3 is 2.55 bits per heavy atom. The second-order valence-corrected chi connectivity index (χ2v) is 9.60. The van der Waals surface area contributed by atoms with Crippen molar-refractivity contribution in [1.82, 2.24) is 0 Å². The third kappa shape index (κ3) is 5.65. The molecule has 33 heavy (non-hydrogen) atoms. The van der Waals surface area contributed by atoms with Crippen LogP contribution in [-0.4, -0.2) is 25.9 Å². The Labute approximate surface area is 197 Å². The van der Waals surface area contributed by atoms with Gasteiger partial charge in [-0.05, 0) is 56.2 Å². The number of carboxylic acids is 1. The standard InChI is InChI=1S/C26H31NO5S/c28-26(29)23(14-7-2-1-4-10-19-11-5-3-6-12-19)27(33(30)31)20-16-17-22-21-13-8-9-15-24(21)32-25(22)18-20/h3,5-6,11-12,16-18,23H,1-2,4,7-10,13-15H2,(H,28,29)(H,30,31). The average molecular weight is 470 g/mol. The van der Waals surface area contributed by atoms with Crippen molar-refractivity contribution in [1.29, 1.82) is 0 Å². The largest absolute Gasteiger partial charge is 0.480 e. The summed E-state index contributed by atoms with van der Waals surface area (Å²) in [4.78, 5) is 12.0. The number of aliphatic carboxylic acids is 1. The van der Waals surface area contributed by atoms with Crippen molar-refractivity contribution in [2.24, 2.45) is 0 Å². The average Bonchev–Trinajstić information content (AvgIpc) is 3.18. The number of carbonyl (C=O) groups is 1. The second-order valence-electron chi connectivity index (χ2n) is 8.74. The van der Waals surface area contributed by atoms with Crippen molar-refractivity contribution >= 4 is 33.9 Å². The fourth-order valence-corrected chi connectivity index (χ4v) is 5.48. The molecule has 0 saturated carbocycles. The number of aryl methyl sites for hydroxylation is 3. The number of unbranched alkanes of at least 4 members (excludes halogenated alkanes) is 3. The van der Waals surface area contributed by atoms with E-state index in [1.807, 2.05) is 24.3 Å². The Morgan fingerprint density at radius 1 is 1.03 bits per heavy atom. The van der Waals surface area contributed by atoms with Crippen molar-refractivity contribution in [3.8, 4) is 0 Å². The Bertz CT molecular complexity index is 1110. The molecule has 0 fully saturated rings. The van der Waals surface area contributed by atoms with Gasteiger partial charge in [0.15, 0.2) is 0 Å². The highest BCUT2D eigenvalue weighted by atomic mass is 32.2. The zero-order chi connectivity index (χ0) is 23.2. The van der Waals surface area contributed by atoms with Gasteiger partial charge >= 0.3 is 5.97 Å². The lowest BCUT2D eigenvalue weighted by Gasteiger charge is -2.26. The SMILES string of the molecule is O=C(O)C(CCCCCCc1ccccc1)N(c1ccc2c3c(oc2c1)CCCC3)S(=O)O. The van der Waals surface area contributed by atoms with Crippen LogP contribution in [0.4, 0.5) is 5.69 Å². The smallest absolute Gasteiger partial charge is 0.327 e. The molecule has 6 nitrogen and oxygen atoms in total. The maximum atomic E-state index is 12.2. The molecule has 2 unspecified atom stereocenters. The van der Waals surface area contributed by atoms with Gasteiger partial charge in [0.05, 0.1) is 5.69 Å². The molecule has 176 valence electrons. The quantitative estimate of drug-likeness (QED) is 0.269. The Hall–Kier alpha value is -2.64. The zero-order valence-corrected chi connectivity index (χ0v) is 19.6. The van der Waals surface area contributed by atoms with Gasteiger partial charge in [-0.1, -0.05) is 49.6 Å². The number of anilines is 1. The number of carboxylic acid groups (broad SMARTS) is 1.